The molecule has 18 heavy (non-hydrogen) atoms. The molecular formula is C15H21NO2. The normalized spacial score (nSPS) is 23.3. The lowest BCUT2D eigenvalue weighted by atomic mass is 9.99. The SMILES string of the molecule is CCC1CCCCN1Cc1ccc2c(c1)OCO2. The van der Waals surface area contributed by atoms with Crippen LogP contribution in [0.15, 0.2) is 18.2 Å². The summed E-state index contributed by atoms with van der Waals surface area (Å²) in [4.78, 5) is 2.61. The molecule has 2 aliphatic rings. The van der Waals surface area contributed by atoms with Gasteiger partial charge < -0.3 is 9.47 Å². The summed E-state index contributed by atoms with van der Waals surface area (Å²) in [6.07, 6.45) is 5.32. The van der Waals surface area contributed by atoms with Crippen molar-refractivity contribution in [2.45, 2.75) is 45.2 Å². The first-order valence-electron chi connectivity index (χ1n) is 6.99. The summed E-state index contributed by atoms with van der Waals surface area (Å²) in [7, 11) is 0. The Morgan fingerprint density at radius 1 is 1.22 bits per heavy atom. The summed E-state index contributed by atoms with van der Waals surface area (Å²) < 4.78 is 10.8. The second kappa shape index (κ2) is 5.19. The van der Waals surface area contributed by atoms with Crippen LogP contribution in [0.4, 0.5) is 0 Å². The third kappa shape index (κ3) is 2.32. The lowest BCUT2D eigenvalue weighted by Crippen LogP contribution is -2.38. The molecule has 3 rings (SSSR count). The van der Waals surface area contributed by atoms with Crippen molar-refractivity contribution in [3.8, 4) is 11.5 Å². The second-order valence-corrected chi connectivity index (χ2v) is 5.22. The molecule has 1 aromatic carbocycles. The number of benzene rings is 1. The van der Waals surface area contributed by atoms with E-state index in [0.29, 0.717) is 6.79 Å². The predicted octanol–water partition coefficient (Wildman–Crippen LogP) is 3.18. The molecule has 3 heteroatoms. The van der Waals surface area contributed by atoms with Gasteiger partial charge in [0.1, 0.15) is 0 Å². The van der Waals surface area contributed by atoms with Crippen LogP contribution >= 0.6 is 0 Å². The molecule has 1 unspecified atom stereocenters. The lowest BCUT2D eigenvalue weighted by Gasteiger charge is -2.35. The number of piperidine rings is 1. The van der Waals surface area contributed by atoms with Crippen molar-refractivity contribution in [1.82, 2.24) is 4.90 Å². The smallest absolute Gasteiger partial charge is 0.231 e. The summed E-state index contributed by atoms with van der Waals surface area (Å²) in [5.74, 6) is 1.78. The number of nitrogens with zero attached hydrogens (tertiary/aromatic N) is 1. The van der Waals surface area contributed by atoms with Crippen LogP contribution in [-0.4, -0.2) is 24.3 Å². The van der Waals surface area contributed by atoms with Crippen LogP contribution in [0.5, 0.6) is 11.5 Å². The summed E-state index contributed by atoms with van der Waals surface area (Å²) >= 11 is 0. The van der Waals surface area contributed by atoms with Gasteiger partial charge in [-0.05, 0) is 43.5 Å². The molecule has 1 fully saturated rings. The molecule has 0 saturated carbocycles. The largest absolute Gasteiger partial charge is 0.454 e. The van der Waals surface area contributed by atoms with Crippen LogP contribution in [0.2, 0.25) is 0 Å². The van der Waals surface area contributed by atoms with Crippen molar-refractivity contribution in [3.05, 3.63) is 23.8 Å². The van der Waals surface area contributed by atoms with E-state index in [2.05, 4.69) is 24.0 Å². The van der Waals surface area contributed by atoms with Crippen molar-refractivity contribution in [2.24, 2.45) is 0 Å². The monoisotopic (exact) mass is 247 g/mol. The van der Waals surface area contributed by atoms with E-state index >= 15 is 0 Å². The maximum absolute atomic E-state index is 5.44. The fourth-order valence-electron chi connectivity index (χ4n) is 3.00. The zero-order valence-corrected chi connectivity index (χ0v) is 11.0. The van der Waals surface area contributed by atoms with Crippen molar-refractivity contribution in [2.75, 3.05) is 13.3 Å². The van der Waals surface area contributed by atoms with Crippen LogP contribution in [0, 0.1) is 0 Å². The minimum atomic E-state index is 0.361. The molecule has 2 aliphatic heterocycles. The number of fused-ring (bicyclic) bond motifs is 1. The Balaban J connectivity index is 1.71. The molecule has 1 aromatic rings. The third-order valence-electron chi connectivity index (χ3n) is 4.04. The van der Waals surface area contributed by atoms with Gasteiger partial charge in [0.25, 0.3) is 0 Å². The molecule has 0 aromatic heterocycles. The first-order valence-corrected chi connectivity index (χ1v) is 6.99. The van der Waals surface area contributed by atoms with Crippen molar-refractivity contribution >= 4 is 0 Å². The van der Waals surface area contributed by atoms with E-state index in [0.717, 1.165) is 24.1 Å². The Morgan fingerprint density at radius 3 is 3.00 bits per heavy atom. The van der Waals surface area contributed by atoms with Crippen molar-refractivity contribution in [3.63, 3.8) is 0 Å². The van der Waals surface area contributed by atoms with Crippen LogP contribution in [-0.2, 0) is 6.54 Å². The first-order chi connectivity index (χ1) is 8.86. The van der Waals surface area contributed by atoms with Crippen LogP contribution < -0.4 is 9.47 Å². The topological polar surface area (TPSA) is 21.7 Å². The Morgan fingerprint density at radius 2 is 2.11 bits per heavy atom. The maximum atomic E-state index is 5.44. The third-order valence-corrected chi connectivity index (χ3v) is 4.04. The van der Waals surface area contributed by atoms with Gasteiger partial charge in [0.2, 0.25) is 6.79 Å². The number of likely N-dealkylation sites (tertiary alicyclic amines) is 1. The average molecular weight is 247 g/mol. The molecule has 0 radical (unpaired) electrons. The fraction of sp³-hybridized carbons (Fsp3) is 0.600. The lowest BCUT2D eigenvalue weighted by molar-refractivity contribution is 0.136. The molecule has 0 bridgehead atoms. The van der Waals surface area contributed by atoms with Gasteiger partial charge in [0.15, 0.2) is 11.5 Å². The highest BCUT2D eigenvalue weighted by Crippen LogP contribution is 2.33. The molecule has 1 saturated heterocycles. The van der Waals surface area contributed by atoms with Gasteiger partial charge in [-0.2, -0.15) is 0 Å². The highest BCUT2D eigenvalue weighted by molar-refractivity contribution is 5.44. The average Bonchev–Trinajstić information content (AvgIpc) is 2.87. The number of rotatable bonds is 3. The van der Waals surface area contributed by atoms with E-state index in [-0.39, 0.29) is 0 Å². The minimum Gasteiger partial charge on any atom is -0.454 e. The molecule has 98 valence electrons. The van der Waals surface area contributed by atoms with Gasteiger partial charge in [0, 0.05) is 12.6 Å². The highest BCUT2D eigenvalue weighted by Gasteiger charge is 2.21. The number of hydrogen-bond donors (Lipinski definition) is 0. The summed E-state index contributed by atoms with van der Waals surface area (Å²) in [5.41, 5.74) is 1.33. The molecule has 0 spiro atoms. The number of ether oxygens (including phenoxy) is 2. The fourth-order valence-corrected chi connectivity index (χ4v) is 3.00. The van der Waals surface area contributed by atoms with Gasteiger partial charge >= 0.3 is 0 Å². The predicted molar refractivity (Wildman–Crippen MR) is 70.9 cm³/mol. The molecule has 0 amide bonds. The van der Waals surface area contributed by atoms with Crippen LogP contribution in [0.1, 0.15) is 38.2 Å². The Bertz CT molecular complexity index is 419. The maximum Gasteiger partial charge on any atom is 0.231 e. The zero-order chi connectivity index (χ0) is 12.4. The van der Waals surface area contributed by atoms with Crippen molar-refractivity contribution in [1.29, 1.82) is 0 Å². The van der Waals surface area contributed by atoms with E-state index in [4.69, 9.17) is 9.47 Å². The second-order valence-electron chi connectivity index (χ2n) is 5.22. The Labute approximate surface area is 109 Å². The van der Waals surface area contributed by atoms with Gasteiger partial charge in [-0.3, -0.25) is 4.90 Å². The van der Waals surface area contributed by atoms with Gasteiger partial charge in [0.05, 0.1) is 0 Å². The molecule has 0 aliphatic carbocycles. The molecule has 3 nitrogen and oxygen atoms in total. The van der Waals surface area contributed by atoms with E-state index in [1.165, 1.54) is 37.8 Å². The van der Waals surface area contributed by atoms with E-state index < -0.39 is 0 Å². The van der Waals surface area contributed by atoms with E-state index in [9.17, 15) is 0 Å². The van der Waals surface area contributed by atoms with Gasteiger partial charge in [-0.25, -0.2) is 0 Å². The molecule has 2 heterocycles. The quantitative estimate of drug-likeness (QED) is 0.819. The molecule has 1 atom stereocenters. The summed E-state index contributed by atoms with van der Waals surface area (Å²) in [6, 6.07) is 7.07. The van der Waals surface area contributed by atoms with Gasteiger partial charge in [-0.1, -0.05) is 19.4 Å². The van der Waals surface area contributed by atoms with Crippen LogP contribution in [0.3, 0.4) is 0 Å². The molecular weight excluding hydrogens is 226 g/mol. The summed E-state index contributed by atoms with van der Waals surface area (Å²) in [5, 5.41) is 0. The minimum absolute atomic E-state index is 0.361. The standard InChI is InChI=1S/C15H21NO2/c1-2-13-5-3-4-8-16(13)10-12-6-7-14-15(9-12)18-11-17-14/h6-7,9,13H,2-5,8,10-11H2,1H3. The van der Waals surface area contributed by atoms with E-state index in [1.54, 1.807) is 0 Å². The van der Waals surface area contributed by atoms with Crippen LogP contribution in [0.25, 0.3) is 0 Å². The molecule has 0 N–H and O–H groups in total. The number of hydrogen-bond acceptors (Lipinski definition) is 3. The Hall–Kier alpha value is -1.22. The van der Waals surface area contributed by atoms with Crippen molar-refractivity contribution < 1.29 is 9.47 Å². The highest BCUT2D eigenvalue weighted by atomic mass is 16.7. The van der Waals surface area contributed by atoms with Gasteiger partial charge in [-0.15, -0.1) is 0 Å². The first kappa shape index (κ1) is 11.8. The Kier molecular flexibility index (Phi) is 3.41. The van der Waals surface area contributed by atoms with E-state index in [1.807, 2.05) is 6.07 Å². The zero-order valence-electron chi connectivity index (χ0n) is 11.0. The summed E-state index contributed by atoms with van der Waals surface area (Å²) in [6.45, 7) is 4.92.